The zero-order chi connectivity index (χ0) is 15.4. The summed E-state index contributed by atoms with van der Waals surface area (Å²) in [5.74, 6) is 0.558. The fraction of sp³-hybridized carbons (Fsp3) is 0.500. The van der Waals surface area contributed by atoms with E-state index in [4.69, 9.17) is 9.84 Å². The number of aliphatic hydroxyl groups is 2. The van der Waals surface area contributed by atoms with Crippen LogP contribution in [0.5, 0.6) is 0 Å². The Bertz CT molecular complexity index is 639. The van der Waals surface area contributed by atoms with Gasteiger partial charge in [0.2, 0.25) is 0 Å². The molecular formula is C12H16N2O5S2. The van der Waals surface area contributed by atoms with Crippen LogP contribution in [0, 0.1) is 6.92 Å². The first-order valence-electron chi connectivity index (χ1n) is 6.27. The fourth-order valence-corrected chi connectivity index (χ4v) is 3.88. The number of H-pyrrole nitrogens is 1. The van der Waals surface area contributed by atoms with Gasteiger partial charge in [-0.05, 0) is 13.0 Å². The summed E-state index contributed by atoms with van der Waals surface area (Å²) in [6, 6.07) is 0. The Labute approximate surface area is 128 Å². The van der Waals surface area contributed by atoms with E-state index in [0.717, 1.165) is 4.91 Å². The quantitative estimate of drug-likeness (QED) is 0.497. The van der Waals surface area contributed by atoms with E-state index in [1.807, 2.05) is 0 Å². The zero-order valence-electron chi connectivity index (χ0n) is 11.3. The molecule has 0 radical (unpaired) electrons. The van der Waals surface area contributed by atoms with Crippen molar-refractivity contribution in [1.82, 2.24) is 9.55 Å². The van der Waals surface area contributed by atoms with Crippen LogP contribution in [0.2, 0.25) is 0 Å². The van der Waals surface area contributed by atoms with E-state index in [1.54, 1.807) is 13.0 Å². The van der Waals surface area contributed by atoms with Crippen molar-refractivity contribution in [3.05, 3.63) is 43.6 Å². The third-order valence-electron chi connectivity index (χ3n) is 2.84. The molecule has 0 aliphatic carbocycles. The number of rotatable bonds is 6. The molecule has 2 atom stereocenters. The predicted octanol–water partition coefficient (Wildman–Crippen LogP) is -0.00768. The minimum absolute atomic E-state index is 0.0671. The molecule has 1 aliphatic rings. The lowest BCUT2D eigenvalue weighted by atomic mass is 10.3. The number of aliphatic hydroxyl groups excluding tert-OH is 2. The van der Waals surface area contributed by atoms with Crippen molar-refractivity contribution in [1.29, 1.82) is 0 Å². The van der Waals surface area contributed by atoms with Gasteiger partial charge < -0.3 is 14.9 Å². The lowest BCUT2D eigenvalue weighted by molar-refractivity contribution is -0.0115. The maximum Gasteiger partial charge on any atom is 0.330 e. The summed E-state index contributed by atoms with van der Waals surface area (Å²) in [6.45, 7) is 1.47. The summed E-state index contributed by atoms with van der Waals surface area (Å²) in [5.41, 5.74) is -0.578. The molecule has 2 rings (SSSR count). The highest BCUT2D eigenvalue weighted by atomic mass is 33.1. The second-order valence-corrected chi connectivity index (χ2v) is 6.86. The standard InChI is InChI=1S/C12H16N2O5S2/c1-7-5-14(12(18)13-11(7)17)10-4-9(8(6-16)19-10)21-20-3-2-15/h4-5,8,10,15-16H,2-3,6H2,1H3,(H,13,17,18)/t8-,10-/m1/s1. The van der Waals surface area contributed by atoms with Gasteiger partial charge in [-0.25, -0.2) is 4.79 Å². The summed E-state index contributed by atoms with van der Waals surface area (Å²) >= 11 is 0. The van der Waals surface area contributed by atoms with Gasteiger partial charge in [0.15, 0.2) is 6.23 Å². The van der Waals surface area contributed by atoms with Crippen LogP contribution < -0.4 is 11.2 Å². The van der Waals surface area contributed by atoms with Gasteiger partial charge in [0.05, 0.1) is 13.2 Å². The molecule has 21 heavy (non-hydrogen) atoms. The minimum atomic E-state index is -0.664. The van der Waals surface area contributed by atoms with Crippen LogP contribution in [-0.4, -0.2) is 44.8 Å². The number of nitrogens with one attached hydrogen (secondary N) is 1. The van der Waals surface area contributed by atoms with E-state index in [9.17, 15) is 14.7 Å². The Hall–Kier alpha value is -1.00. The smallest absolute Gasteiger partial charge is 0.330 e. The summed E-state index contributed by atoms with van der Waals surface area (Å²) in [4.78, 5) is 26.2. The van der Waals surface area contributed by atoms with Crippen LogP contribution in [0.15, 0.2) is 26.8 Å². The summed E-state index contributed by atoms with van der Waals surface area (Å²) in [6.07, 6.45) is 1.99. The topological polar surface area (TPSA) is 105 Å². The monoisotopic (exact) mass is 332 g/mol. The van der Waals surface area contributed by atoms with Gasteiger partial charge in [-0.15, -0.1) is 0 Å². The second kappa shape index (κ2) is 7.32. The summed E-state index contributed by atoms with van der Waals surface area (Å²) in [7, 11) is 2.84. The Morgan fingerprint density at radius 3 is 2.86 bits per heavy atom. The van der Waals surface area contributed by atoms with Crippen LogP contribution in [0.3, 0.4) is 0 Å². The number of aryl methyl sites for hydroxylation is 1. The van der Waals surface area contributed by atoms with Crippen molar-refractivity contribution in [2.24, 2.45) is 0 Å². The molecule has 0 unspecified atom stereocenters. The molecule has 0 amide bonds. The molecule has 3 N–H and O–H groups in total. The van der Waals surface area contributed by atoms with Gasteiger partial charge in [0.25, 0.3) is 5.56 Å². The second-order valence-electron chi connectivity index (χ2n) is 4.37. The van der Waals surface area contributed by atoms with Crippen molar-refractivity contribution >= 4 is 21.6 Å². The average Bonchev–Trinajstić information content (AvgIpc) is 2.86. The van der Waals surface area contributed by atoms with Gasteiger partial charge in [0, 0.05) is 22.4 Å². The molecule has 7 nitrogen and oxygen atoms in total. The maximum atomic E-state index is 11.8. The molecule has 1 aromatic rings. The van der Waals surface area contributed by atoms with Crippen molar-refractivity contribution in [2.45, 2.75) is 19.3 Å². The molecule has 2 heterocycles. The Kier molecular flexibility index (Phi) is 5.71. The number of hydrogen-bond acceptors (Lipinski definition) is 7. The number of nitrogens with zero attached hydrogens (tertiary/aromatic N) is 1. The molecule has 0 saturated heterocycles. The molecule has 0 bridgehead atoms. The zero-order valence-corrected chi connectivity index (χ0v) is 12.9. The van der Waals surface area contributed by atoms with Crippen molar-refractivity contribution < 1.29 is 14.9 Å². The highest BCUT2D eigenvalue weighted by Crippen LogP contribution is 2.39. The molecule has 1 aliphatic heterocycles. The van der Waals surface area contributed by atoms with E-state index < -0.39 is 23.6 Å². The van der Waals surface area contributed by atoms with Gasteiger partial charge in [-0.2, -0.15) is 0 Å². The SMILES string of the molecule is Cc1cn([C@H]2C=C(SSCCO)[C@@H](CO)O2)c(=O)[nH]c1=O. The molecule has 0 spiro atoms. The average molecular weight is 332 g/mol. The lowest BCUT2D eigenvalue weighted by Crippen LogP contribution is -2.33. The lowest BCUT2D eigenvalue weighted by Gasteiger charge is -2.15. The third-order valence-corrected chi connectivity index (χ3v) is 5.33. The molecular weight excluding hydrogens is 316 g/mol. The van der Waals surface area contributed by atoms with Crippen LogP contribution in [0.25, 0.3) is 0 Å². The normalized spacial score (nSPS) is 21.6. The summed E-state index contributed by atoms with van der Waals surface area (Å²) < 4.78 is 6.90. The third kappa shape index (κ3) is 3.80. The minimum Gasteiger partial charge on any atom is -0.395 e. The fourth-order valence-electron chi connectivity index (χ4n) is 1.80. The van der Waals surface area contributed by atoms with Crippen LogP contribution >= 0.6 is 21.6 Å². The number of ether oxygens (including phenoxy) is 1. The number of aromatic amines is 1. The van der Waals surface area contributed by atoms with Crippen LogP contribution in [0.4, 0.5) is 0 Å². The van der Waals surface area contributed by atoms with Crippen molar-refractivity contribution in [2.75, 3.05) is 19.0 Å². The van der Waals surface area contributed by atoms with Gasteiger partial charge >= 0.3 is 5.69 Å². The van der Waals surface area contributed by atoms with E-state index in [2.05, 4.69) is 4.98 Å². The molecule has 1 aromatic heterocycles. The first kappa shape index (κ1) is 16.4. The highest BCUT2D eigenvalue weighted by Gasteiger charge is 2.29. The molecule has 0 aromatic carbocycles. The van der Waals surface area contributed by atoms with Crippen molar-refractivity contribution in [3.63, 3.8) is 0 Å². The van der Waals surface area contributed by atoms with E-state index in [1.165, 1.54) is 32.4 Å². The van der Waals surface area contributed by atoms with E-state index in [0.29, 0.717) is 11.3 Å². The predicted molar refractivity (Wildman–Crippen MR) is 82.3 cm³/mol. The Morgan fingerprint density at radius 1 is 1.43 bits per heavy atom. The Morgan fingerprint density at radius 2 is 2.19 bits per heavy atom. The Balaban J connectivity index is 2.23. The van der Waals surface area contributed by atoms with Gasteiger partial charge in [-0.3, -0.25) is 14.3 Å². The molecule has 0 saturated carbocycles. The largest absolute Gasteiger partial charge is 0.395 e. The van der Waals surface area contributed by atoms with Gasteiger partial charge in [-0.1, -0.05) is 21.6 Å². The molecule has 116 valence electrons. The number of aromatic nitrogens is 2. The van der Waals surface area contributed by atoms with Crippen LogP contribution in [-0.2, 0) is 4.74 Å². The first-order chi connectivity index (χ1) is 10.1. The van der Waals surface area contributed by atoms with Gasteiger partial charge in [0.1, 0.15) is 6.10 Å². The number of hydrogen-bond donors (Lipinski definition) is 3. The van der Waals surface area contributed by atoms with E-state index >= 15 is 0 Å². The molecule has 0 fully saturated rings. The first-order valence-corrected chi connectivity index (χ1v) is 8.59. The summed E-state index contributed by atoms with van der Waals surface area (Å²) in [5, 5.41) is 18.1. The maximum absolute atomic E-state index is 11.8. The van der Waals surface area contributed by atoms with Crippen molar-refractivity contribution in [3.8, 4) is 0 Å². The highest BCUT2D eigenvalue weighted by molar-refractivity contribution is 8.78. The van der Waals surface area contributed by atoms with E-state index in [-0.39, 0.29) is 13.2 Å². The van der Waals surface area contributed by atoms with Crippen LogP contribution in [0.1, 0.15) is 11.8 Å². The molecule has 9 heteroatoms.